The van der Waals surface area contributed by atoms with E-state index in [1.54, 1.807) is 30.3 Å². The van der Waals surface area contributed by atoms with Crippen molar-refractivity contribution in [1.29, 1.82) is 0 Å². The fourth-order valence-corrected chi connectivity index (χ4v) is 9.51. The number of carbonyl (C=O) groups is 3. The van der Waals surface area contributed by atoms with E-state index in [-0.39, 0.29) is 60.7 Å². The number of aliphatic hydroxyl groups is 2. The third kappa shape index (κ3) is 8.33. The number of phenols is 1. The van der Waals surface area contributed by atoms with E-state index in [0.717, 1.165) is 38.8 Å². The molecule has 4 heterocycles. The molecule has 6 N–H and O–H groups in total. The predicted octanol–water partition coefficient (Wildman–Crippen LogP) is 5.38. The second-order valence-corrected chi connectivity index (χ2v) is 16.5. The number of fused-ring (bicyclic) bond motifs is 1. The zero-order chi connectivity index (χ0) is 38.7. The van der Waals surface area contributed by atoms with Crippen LogP contribution >= 0.6 is 34.3 Å². The van der Waals surface area contributed by atoms with E-state index < -0.39 is 23.6 Å². The molecule has 1 saturated heterocycles. The van der Waals surface area contributed by atoms with Crippen molar-refractivity contribution in [3.05, 3.63) is 85.2 Å². The van der Waals surface area contributed by atoms with Gasteiger partial charge in [-0.15, -0.1) is 22.7 Å². The molecule has 1 atom stereocenters. The highest BCUT2D eigenvalue weighted by molar-refractivity contribution is 7.12. The Kier molecular flexibility index (Phi) is 11.7. The van der Waals surface area contributed by atoms with Crippen LogP contribution in [0.4, 0.5) is 11.4 Å². The van der Waals surface area contributed by atoms with Crippen molar-refractivity contribution in [2.75, 3.05) is 50.5 Å². The average Bonchev–Trinajstić information content (AvgIpc) is 3.91. The lowest BCUT2D eigenvalue weighted by atomic mass is 9.61. The molecular weight excluding hydrogens is 768 g/mol. The van der Waals surface area contributed by atoms with Crippen LogP contribution in [-0.4, -0.2) is 84.0 Å². The minimum atomic E-state index is -1.80. The third-order valence-corrected chi connectivity index (χ3v) is 12.9. The summed E-state index contributed by atoms with van der Waals surface area (Å²) in [7, 11) is 1.52. The predicted molar refractivity (Wildman–Crippen MR) is 209 cm³/mol. The summed E-state index contributed by atoms with van der Waals surface area (Å²) in [6.45, 7) is 2.46. The average molecular weight is 811 g/mol. The van der Waals surface area contributed by atoms with Crippen LogP contribution in [-0.2, 0) is 31.3 Å². The first-order valence-electron chi connectivity index (χ1n) is 18.1. The van der Waals surface area contributed by atoms with Crippen LogP contribution in [0.3, 0.4) is 0 Å². The Bertz CT molecular complexity index is 1980. The van der Waals surface area contributed by atoms with Crippen LogP contribution in [0.15, 0.2) is 59.3 Å². The first-order chi connectivity index (χ1) is 26.5. The Balaban J connectivity index is 0.849. The van der Waals surface area contributed by atoms with Crippen molar-refractivity contribution in [1.82, 2.24) is 10.2 Å². The van der Waals surface area contributed by atoms with E-state index in [4.69, 9.17) is 25.8 Å². The number of nitrogens with one attached hydrogen (secondary N) is 3. The van der Waals surface area contributed by atoms with Crippen LogP contribution in [0.25, 0.3) is 0 Å². The number of amides is 2. The molecule has 1 aliphatic carbocycles. The highest BCUT2D eigenvalue weighted by atomic mass is 35.5. The largest absolute Gasteiger partial charge is 0.506 e. The van der Waals surface area contributed by atoms with Gasteiger partial charge in [0.25, 0.3) is 5.91 Å². The summed E-state index contributed by atoms with van der Waals surface area (Å²) in [5, 5.41) is 45.2. The Morgan fingerprint density at radius 3 is 2.49 bits per heavy atom. The molecule has 0 unspecified atom stereocenters. The lowest BCUT2D eigenvalue weighted by Gasteiger charge is -2.51. The standard InChI is InChI=1S/C39H43ClN4O9S2/c1-51-30-17-27(26(40)16-23(30)20-41-21-29(46)25-6-7-28(45)35-36(25)52-22-34(48)43-35)42-33(47)8-11-44-12-9-38(10-13-44)18-24(19-38)53-37(49)39(50,31-4-2-14-54-31)32-5-3-15-55-32/h2-7,14-17,24,29,41,45-46,50H,8-13,18-22H2,1H3,(H,42,47)(H,43,48)/t29-/m0/s1. The van der Waals surface area contributed by atoms with Gasteiger partial charge in [0.2, 0.25) is 11.5 Å². The number of aromatic hydroxyl groups is 1. The smallest absolute Gasteiger partial charge is 0.349 e. The van der Waals surface area contributed by atoms with Gasteiger partial charge in [-0.3, -0.25) is 9.59 Å². The number of piperidine rings is 1. The van der Waals surface area contributed by atoms with E-state index in [2.05, 4.69) is 20.9 Å². The summed E-state index contributed by atoms with van der Waals surface area (Å²) in [6, 6.07) is 13.5. The van der Waals surface area contributed by atoms with E-state index in [1.807, 2.05) is 22.9 Å². The number of hydrogen-bond donors (Lipinski definition) is 6. The van der Waals surface area contributed by atoms with Gasteiger partial charge in [0.15, 0.2) is 12.4 Å². The van der Waals surface area contributed by atoms with Crippen LogP contribution < -0.4 is 25.4 Å². The summed E-state index contributed by atoms with van der Waals surface area (Å²) < 4.78 is 17.0. The molecule has 1 spiro atoms. The summed E-state index contributed by atoms with van der Waals surface area (Å²) >= 11 is 9.25. The van der Waals surface area contributed by atoms with Crippen LogP contribution in [0, 0.1) is 5.41 Å². The molecule has 0 bridgehead atoms. The van der Waals surface area contributed by atoms with Gasteiger partial charge in [-0.25, -0.2) is 4.79 Å². The first-order valence-corrected chi connectivity index (χ1v) is 20.2. The van der Waals surface area contributed by atoms with Crippen molar-refractivity contribution in [3.63, 3.8) is 0 Å². The minimum absolute atomic E-state index is 0.102. The maximum absolute atomic E-state index is 13.4. The van der Waals surface area contributed by atoms with Crippen molar-refractivity contribution in [2.24, 2.45) is 5.41 Å². The quantitative estimate of drug-likeness (QED) is 0.0712. The molecule has 2 aromatic heterocycles. The van der Waals surface area contributed by atoms with Gasteiger partial charge in [-0.05, 0) is 85.3 Å². The molecule has 55 heavy (non-hydrogen) atoms. The molecule has 3 aliphatic rings. The van der Waals surface area contributed by atoms with Gasteiger partial charge in [-0.2, -0.15) is 0 Å². The number of hydrogen-bond acceptors (Lipinski definition) is 13. The molecule has 2 aliphatic heterocycles. The van der Waals surface area contributed by atoms with Crippen LogP contribution in [0.5, 0.6) is 17.2 Å². The normalized spacial score (nSPS) is 17.4. The number of nitrogens with zero attached hydrogens (tertiary/aromatic N) is 1. The van der Waals surface area contributed by atoms with Gasteiger partial charge in [0.1, 0.15) is 23.3 Å². The third-order valence-electron chi connectivity index (χ3n) is 10.7. The molecule has 4 aromatic rings. The monoisotopic (exact) mass is 810 g/mol. The fraction of sp³-hybridized carbons (Fsp3) is 0.410. The highest BCUT2D eigenvalue weighted by Gasteiger charge is 2.51. The molecule has 7 rings (SSSR count). The van der Waals surface area contributed by atoms with Crippen molar-refractivity contribution >= 4 is 63.4 Å². The minimum Gasteiger partial charge on any atom is -0.506 e. The van der Waals surface area contributed by atoms with E-state index in [1.165, 1.54) is 35.8 Å². The highest BCUT2D eigenvalue weighted by Crippen LogP contribution is 2.51. The molecule has 0 radical (unpaired) electrons. The lowest BCUT2D eigenvalue weighted by Crippen LogP contribution is -2.52. The second kappa shape index (κ2) is 16.5. The number of thiophene rings is 2. The number of likely N-dealkylation sites (tertiary alicyclic amines) is 1. The van der Waals surface area contributed by atoms with Crippen LogP contribution in [0.1, 0.15) is 59.1 Å². The van der Waals surface area contributed by atoms with Gasteiger partial charge < -0.3 is 50.4 Å². The van der Waals surface area contributed by atoms with Gasteiger partial charge >= 0.3 is 5.97 Å². The van der Waals surface area contributed by atoms with Crippen molar-refractivity contribution in [2.45, 2.75) is 56.5 Å². The molecule has 16 heteroatoms. The molecule has 2 fully saturated rings. The van der Waals surface area contributed by atoms with Crippen molar-refractivity contribution < 1.29 is 43.9 Å². The Morgan fingerprint density at radius 2 is 1.84 bits per heavy atom. The summed E-state index contributed by atoms with van der Waals surface area (Å²) in [5.74, 6) is -0.619. The number of halogens is 1. The molecule has 1 saturated carbocycles. The number of esters is 1. The summed E-state index contributed by atoms with van der Waals surface area (Å²) in [5.41, 5.74) is -0.0140. The Labute approximate surface area is 331 Å². The van der Waals surface area contributed by atoms with Crippen molar-refractivity contribution in [3.8, 4) is 17.2 Å². The number of anilines is 2. The Morgan fingerprint density at radius 1 is 1.13 bits per heavy atom. The maximum Gasteiger partial charge on any atom is 0.349 e. The number of ether oxygens (including phenoxy) is 3. The molecule has 2 amide bonds. The number of rotatable bonds is 14. The second-order valence-electron chi connectivity index (χ2n) is 14.2. The fourth-order valence-electron chi connectivity index (χ4n) is 7.56. The number of carbonyl (C=O) groups excluding carboxylic acids is 3. The molecule has 292 valence electrons. The summed E-state index contributed by atoms with van der Waals surface area (Å²) in [6.07, 6.45) is 2.46. The first kappa shape index (κ1) is 39.0. The number of phenolic OH excluding ortho intramolecular Hbond substituents is 1. The molecular formula is C39H43ClN4O9S2. The van der Waals surface area contributed by atoms with Gasteiger partial charge in [0.05, 0.1) is 33.7 Å². The van der Waals surface area contributed by atoms with E-state index in [9.17, 15) is 29.7 Å². The van der Waals surface area contributed by atoms with Gasteiger partial charge in [0, 0.05) is 43.2 Å². The number of methoxy groups -OCH3 is 1. The Hall–Kier alpha value is -4.22. The topological polar surface area (TPSA) is 179 Å². The summed E-state index contributed by atoms with van der Waals surface area (Å²) in [4.78, 5) is 41.4. The molecule has 13 nitrogen and oxygen atoms in total. The van der Waals surface area contributed by atoms with E-state index in [0.29, 0.717) is 43.9 Å². The van der Waals surface area contributed by atoms with E-state index >= 15 is 0 Å². The van der Waals surface area contributed by atoms with Gasteiger partial charge in [-0.1, -0.05) is 23.7 Å². The zero-order valence-electron chi connectivity index (χ0n) is 30.1. The SMILES string of the molecule is COc1cc(NC(=O)CCN2CCC3(CC2)CC(OC(=O)C(O)(c2cccs2)c2cccs2)C3)c(Cl)cc1CNC[C@H](O)c1ccc(O)c2c1OCC(=O)N2. The number of benzene rings is 2. The number of aliphatic hydroxyl groups excluding tert-OH is 1. The lowest BCUT2D eigenvalue weighted by molar-refractivity contribution is -0.181. The van der Waals surface area contributed by atoms with Crippen LogP contribution in [0.2, 0.25) is 5.02 Å². The molecule has 2 aromatic carbocycles. The maximum atomic E-state index is 13.4. The zero-order valence-corrected chi connectivity index (χ0v) is 32.5.